The van der Waals surface area contributed by atoms with Crippen LogP contribution in [0.15, 0.2) is 24.3 Å². The van der Waals surface area contributed by atoms with Gasteiger partial charge in [-0.2, -0.15) is 0 Å². The van der Waals surface area contributed by atoms with E-state index in [0.717, 1.165) is 44.8 Å². The van der Waals surface area contributed by atoms with Gasteiger partial charge in [-0.05, 0) is 43.9 Å². The van der Waals surface area contributed by atoms with Crippen LogP contribution in [0.2, 0.25) is 0 Å². The third-order valence-corrected chi connectivity index (χ3v) is 4.52. The number of carbonyl (C=O) groups is 1. The molecule has 0 unspecified atom stereocenters. The molecule has 2 saturated heterocycles. The molecule has 1 amide bonds. The Morgan fingerprint density at radius 3 is 2.64 bits per heavy atom. The van der Waals surface area contributed by atoms with Gasteiger partial charge in [0.15, 0.2) is 0 Å². The zero-order valence-electron chi connectivity index (χ0n) is 13.0. The highest BCUT2D eigenvalue weighted by Gasteiger charge is 2.22. The molecule has 0 aliphatic carbocycles. The molecule has 1 aromatic carbocycles. The Morgan fingerprint density at radius 1 is 1.18 bits per heavy atom. The molecular formula is C17H25N3O2. The number of likely N-dealkylation sites (tertiary alicyclic amines) is 2. The SMILES string of the molecule is NC1CCN(C(=O)c2cccc(OCN3CCCC3)c2)CC1. The summed E-state index contributed by atoms with van der Waals surface area (Å²) in [5.41, 5.74) is 6.60. The van der Waals surface area contributed by atoms with Crippen molar-refractivity contribution < 1.29 is 9.53 Å². The van der Waals surface area contributed by atoms with Crippen LogP contribution in [0.25, 0.3) is 0 Å². The summed E-state index contributed by atoms with van der Waals surface area (Å²) < 4.78 is 5.82. The van der Waals surface area contributed by atoms with Crippen LogP contribution in [0.1, 0.15) is 36.0 Å². The van der Waals surface area contributed by atoms with Crippen molar-refractivity contribution in [2.45, 2.75) is 31.7 Å². The summed E-state index contributed by atoms with van der Waals surface area (Å²) in [6, 6.07) is 7.76. The van der Waals surface area contributed by atoms with Crippen molar-refractivity contribution >= 4 is 5.91 Å². The lowest BCUT2D eigenvalue weighted by Crippen LogP contribution is -2.42. The molecule has 0 saturated carbocycles. The van der Waals surface area contributed by atoms with Gasteiger partial charge in [0.25, 0.3) is 5.91 Å². The van der Waals surface area contributed by atoms with Crippen LogP contribution in [0, 0.1) is 0 Å². The zero-order chi connectivity index (χ0) is 15.4. The summed E-state index contributed by atoms with van der Waals surface area (Å²) in [5, 5.41) is 0. The maximum absolute atomic E-state index is 12.5. The second-order valence-corrected chi connectivity index (χ2v) is 6.26. The lowest BCUT2D eigenvalue weighted by molar-refractivity contribution is 0.0714. The van der Waals surface area contributed by atoms with Gasteiger partial charge in [0.05, 0.1) is 0 Å². The van der Waals surface area contributed by atoms with Gasteiger partial charge in [0.1, 0.15) is 12.5 Å². The van der Waals surface area contributed by atoms with E-state index in [2.05, 4.69) is 4.90 Å². The van der Waals surface area contributed by atoms with E-state index in [1.165, 1.54) is 12.8 Å². The molecule has 2 aliphatic rings. The summed E-state index contributed by atoms with van der Waals surface area (Å²) in [4.78, 5) is 16.7. The van der Waals surface area contributed by atoms with Gasteiger partial charge in [-0.1, -0.05) is 6.07 Å². The van der Waals surface area contributed by atoms with Crippen LogP contribution in [0.4, 0.5) is 0 Å². The molecule has 0 spiro atoms. The Bertz CT molecular complexity index is 506. The minimum atomic E-state index is 0.0820. The highest BCUT2D eigenvalue weighted by Crippen LogP contribution is 2.18. The molecular weight excluding hydrogens is 278 g/mol. The molecule has 2 heterocycles. The second-order valence-electron chi connectivity index (χ2n) is 6.26. The first-order valence-electron chi connectivity index (χ1n) is 8.22. The first-order chi connectivity index (χ1) is 10.7. The molecule has 0 aromatic heterocycles. The van der Waals surface area contributed by atoms with Crippen molar-refractivity contribution in [3.8, 4) is 5.75 Å². The molecule has 0 radical (unpaired) electrons. The van der Waals surface area contributed by atoms with Crippen LogP contribution in [0.5, 0.6) is 5.75 Å². The average Bonchev–Trinajstić information content (AvgIpc) is 3.07. The molecule has 5 heteroatoms. The molecule has 2 fully saturated rings. The minimum Gasteiger partial charge on any atom is -0.478 e. The van der Waals surface area contributed by atoms with Crippen LogP contribution in [0.3, 0.4) is 0 Å². The smallest absolute Gasteiger partial charge is 0.253 e. The van der Waals surface area contributed by atoms with E-state index in [4.69, 9.17) is 10.5 Å². The van der Waals surface area contributed by atoms with Gasteiger partial charge in [-0.3, -0.25) is 9.69 Å². The van der Waals surface area contributed by atoms with Crippen molar-refractivity contribution in [1.82, 2.24) is 9.80 Å². The molecule has 120 valence electrons. The first-order valence-corrected chi connectivity index (χ1v) is 8.22. The monoisotopic (exact) mass is 303 g/mol. The quantitative estimate of drug-likeness (QED) is 0.919. The first kappa shape index (κ1) is 15.3. The Morgan fingerprint density at radius 2 is 1.91 bits per heavy atom. The van der Waals surface area contributed by atoms with Gasteiger partial charge in [-0.25, -0.2) is 0 Å². The standard InChI is InChI=1S/C17H25N3O2/c18-15-6-10-20(11-7-15)17(21)14-4-3-5-16(12-14)22-13-19-8-1-2-9-19/h3-5,12,15H,1-2,6-11,13,18H2. The third-order valence-electron chi connectivity index (χ3n) is 4.52. The second kappa shape index (κ2) is 7.11. The van der Waals surface area contributed by atoms with Crippen molar-refractivity contribution in [2.75, 3.05) is 32.9 Å². The summed E-state index contributed by atoms with van der Waals surface area (Å²) >= 11 is 0. The lowest BCUT2D eigenvalue weighted by Gasteiger charge is -2.30. The summed E-state index contributed by atoms with van der Waals surface area (Å²) in [6.45, 7) is 4.31. The largest absolute Gasteiger partial charge is 0.478 e. The number of amides is 1. The molecule has 22 heavy (non-hydrogen) atoms. The van der Waals surface area contributed by atoms with E-state index in [9.17, 15) is 4.79 Å². The fraction of sp³-hybridized carbons (Fsp3) is 0.588. The molecule has 2 aliphatic heterocycles. The number of nitrogens with two attached hydrogens (primary N) is 1. The number of carbonyl (C=O) groups excluding carboxylic acids is 1. The number of rotatable bonds is 4. The molecule has 1 aromatic rings. The number of nitrogens with zero attached hydrogens (tertiary/aromatic N) is 2. The number of hydrogen-bond donors (Lipinski definition) is 1. The Balaban J connectivity index is 1.59. The number of ether oxygens (including phenoxy) is 1. The van der Waals surface area contributed by atoms with E-state index >= 15 is 0 Å². The number of benzene rings is 1. The highest BCUT2D eigenvalue weighted by molar-refractivity contribution is 5.94. The molecule has 3 rings (SSSR count). The van der Waals surface area contributed by atoms with Gasteiger partial charge in [0, 0.05) is 37.8 Å². The van der Waals surface area contributed by atoms with Crippen LogP contribution >= 0.6 is 0 Å². The fourth-order valence-electron chi connectivity index (χ4n) is 3.08. The average molecular weight is 303 g/mol. The predicted octanol–water partition coefficient (Wildman–Crippen LogP) is 1.68. The fourth-order valence-corrected chi connectivity index (χ4v) is 3.08. The van der Waals surface area contributed by atoms with Crippen molar-refractivity contribution in [3.05, 3.63) is 29.8 Å². The Kier molecular flexibility index (Phi) is 4.95. The maximum Gasteiger partial charge on any atom is 0.253 e. The predicted molar refractivity (Wildman–Crippen MR) is 85.9 cm³/mol. The number of piperidine rings is 1. The topological polar surface area (TPSA) is 58.8 Å². The van der Waals surface area contributed by atoms with Crippen molar-refractivity contribution in [1.29, 1.82) is 0 Å². The van der Waals surface area contributed by atoms with E-state index in [0.29, 0.717) is 12.3 Å². The lowest BCUT2D eigenvalue weighted by atomic mass is 10.0. The van der Waals surface area contributed by atoms with Gasteiger partial charge in [0.2, 0.25) is 0 Å². The summed E-state index contributed by atoms with van der Waals surface area (Å²) in [7, 11) is 0. The van der Waals surface area contributed by atoms with Gasteiger partial charge in [-0.15, -0.1) is 0 Å². The maximum atomic E-state index is 12.5. The number of hydrogen-bond acceptors (Lipinski definition) is 4. The van der Waals surface area contributed by atoms with Gasteiger partial charge >= 0.3 is 0 Å². The van der Waals surface area contributed by atoms with Crippen molar-refractivity contribution in [2.24, 2.45) is 5.73 Å². The van der Waals surface area contributed by atoms with E-state index in [-0.39, 0.29) is 11.9 Å². The third kappa shape index (κ3) is 3.78. The zero-order valence-corrected chi connectivity index (χ0v) is 13.0. The Hall–Kier alpha value is -1.59. The van der Waals surface area contributed by atoms with Gasteiger partial charge < -0.3 is 15.4 Å². The highest BCUT2D eigenvalue weighted by atomic mass is 16.5. The summed E-state index contributed by atoms with van der Waals surface area (Å²) in [5.74, 6) is 0.852. The Labute approximate surface area is 132 Å². The molecule has 2 N–H and O–H groups in total. The summed E-state index contributed by atoms with van der Waals surface area (Å²) in [6.07, 6.45) is 4.27. The van der Waals surface area contributed by atoms with E-state index in [1.807, 2.05) is 29.2 Å². The molecule has 5 nitrogen and oxygen atoms in total. The normalized spacial score (nSPS) is 20.3. The van der Waals surface area contributed by atoms with E-state index in [1.54, 1.807) is 0 Å². The van der Waals surface area contributed by atoms with Crippen LogP contribution in [-0.4, -0.2) is 54.7 Å². The van der Waals surface area contributed by atoms with E-state index < -0.39 is 0 Å². The molecule has 0 atom stereocenters. The minimum absolute atomic E-state index is 0.0820. The van der Waals surface area contributed by atoms with Crippen LogP contribution in [-0.2, 0) is 0 Å². The van der Waals surface area contributed by atoms with Crippen LogP contribution < -0.4 is 10.5 Å². The molecule has 0 bridgehead atoms. The van der Waals surface area contributed by atoms with Crippen molar-refractivity contribution in [3.63, 3.8) is 0 Å².